The second kappa shape index (κ2) is 5.89. The van der Waals surface area contributed by atoms with Gasteiger partial charge >= 0.3 is 0 Å². The summed E-state index contributed by atoms with van der Waals surface area (Å²) in [6.07, 6.45) is 1.59. The fourth-order valence-corrected chi connectivity index (χ4v) is 3.02. The van der Waals surface area contributed by atoms with Gasteiger partial charge in [-0.3, -0.25) is 9.69 Å². The Balaban J connectivity index is 1.40. The lowest BCUT2D eigenvalue weighted by atomic mass is 10.2. The van der Waals surface area contributed by atoms with E-state index in [0.29, 0.717) is 5.69 Å². The molecule has 1 fully saturated rings. The molecule has 118 valence electrons. The van der Waals surface area contributed by atoms with Crippen LogP contribution >= 0.6 is 0 Å². The van der Waals surface area contributed by atoms with E-state index in [1.807, 2.05) is 41.3 Å². The van der Waals surface area contributed by atoms with Crippen molar-refractivity contribution in [3.63, 3.8) is 0 Å². The largest absolute Gasteiger partial charge is 0.364 e. The van der Waals surface area contributed by atoms with Crippen molar-refractivity contribution in [2.45, 2.75) is 6.54 Å². The Labute approximate surface area is 133 Å². The van der Waals surface area contributed by atoms with Crippen LogP contribution in [0.3, 0.4) is 0 Å². The Bertz CT molecular complexity index is 768. The van der Waals surface area contributed by atoms with Crippen LogP contribution in [0, 0.1) is 0 Å². The summed E-state index contributed by atoms with van der Waals surface area (Å²) < 4.78 is 4.86. The number of nitrogens with one attached hydrogen (secondary N) is 1. The van der Waals surface area contributed by atoms with Crippen LogP contribution in [0.2, 0.25) is 0 Å². The number of carbonyl (C=O) groups excluding carboxylic acids is 1. The second-order valence-corrected chi connectivity index (χ2v) is 5.83. The molecule has 23 heavy (non-hydrogen) atoms. The SMILES string of the molecule is O=C(c1cc2ccccc2[nH]1)N1CCN(Cc2ccon2)CC1. The average molecular weight is 310 g/mol. The number of nitrogens with zero attached hydrogens (tertiary/aromatic N) is 3. The molecule has 1 N–H and O–H groups in total. The molecule has 0 spiro atoms. The third-order valence-electron chi connectivity index (χ3n) is 4.30. The molecule has 1 aliphatic rings. The van der Waals surface area contributed by atoms with Crippen LogP contribution in [0.15, 0.2) is 47.2 Å². The number of rotatable bonds is 3. The molecule has 6 heteroatoms. The number of aromatic amines is 1. The van der Waals surface area contributed by atoms with Gasteiger partial charge in [0, 0.05) is 49.7 Å². The van der Waals surface area contributed by atoms with E-state index < -0.39 is 0 Å². The van der Waals surface area contributed by atoms with Crippen molar-refractivity contribution in [3.05, 3.63) is 54.0 Å². The highest BCUT2D eigenvalue weighted by Crippen LogP contribution is 2.17. The monoisotopic (exact) mass is 310 g/mol. The van der Waals surface area contributed by atoms with E-state index in [9.17, 15) is 4.79 Å². The standard InChI is InChI=1S/C17H18N4O2/c22-17(16-11-13-3-1-2-4-15(13)18-16)21-8-6-20(7-9-21)12-14-5-10-23-19-14/h1-5,10-11,18H,6-9,12H2. The molecule has 1 saturated heterocycles. The molecular formula is C17H18N4O2. The van der Waals surface area contributed by atoms with Gasteiger partial charge in [-0.25, -0.2) is 0 Å². The van der Waals surface area contributed by atoms with E-state index >= 15 is 0 Å². The fourth-order valence-electron chi connectivity index (χ4n) is 3.02. The molecule has 0 atom stereocenters. The predicted octanol–water partition coefficient (Wildman–Crippen LogP) is 2.11. The van der Waals surface area contributed by atoms with Gasteiger partial charge in [0.05, 0.1) is 5.69 Å². The average Bonchev–Trinajstić information content (AvgIpc) is 3.24. The summed E-state index contributed by atoms with van der Waals surface area (Å²) in [4.78, 5) is 20.0. The lowest BCUT2D eigenvalue weighted by Crippen LogP contribution is -2.48. The molecule has 2 aromatic heterocycles. The maximum Gasteiger partial charge on any atom is 0.270 e. The number of benzene rings is 1. The van der Waals surface area contributed by atoms with Gasteiger partial charge in [-0.1, -0.05) is 23.4 Å². The van der Waals surface area contributed by atoms with Crippen LogP contribution in [-0.2, 0) is 6.54 Å². The number of H-pyrrole nitrogens is 1. The first-order valence-electron chi connectivity index (χ1n) is 7.78. The lowest BCUT2D eigenvalue weighted by Gasteiger charge is -2.34. The fraction of sp³-hybridized carbons (Fsp3) is 0.294. The summed E-state index contributed by atoms with van der Waals surface area (Å²) in [5.41, 5.74) is 2.59. The molecule has 1 aromatic carbocycles. The van der Waals surface area contributed by atoms with Crippen molar-refractivity contribution < 1.29 is 9.32 Å². The Hall–Kier alpha value is -2.60. The molecule has 0 bridgehead atoms. The quantitative estimate of drug-likeness (QED) is 0.805. The smallest absolute Gasteiger partial charge is 0.270 e. The van der Waals surface area contributed by atoms with Crippen molar-refractivity contribution in [3.8, 4) is 0 Å². The first-order valence-corrected chi connectivity index (χ1v) is 7.78. The summed E-state index contributed by atoms with van der Waals surface area (Å²) in [6.45, 7) is 3.92. The first kappa shape index (κ1) is 14.0. The summed E-state index contributed by atoms with van der Waals surface area (Å²) in [5, 5.41) is 5.00. The molecule has 3 heterocycles. The molecule has 3 aromatic rings. The molecule has 0 saturated carbocycles. The van der Waals surface area contributed by atoms with Gasteiger partial charge in [0.2, 0.25) is 0 Å². The zero-order valence-electron chi connectivity index (χ0n) is 12.7. The number of aromatic nitrogens is 2. The molecule has 6 nitrogen and oxygen atoms in total. The summed E-state index contributed by atoms with van der Waals surface area (Å²) in [7, 11) is 0. The summed E-state index contributed by atoms with van der Waals surface area (Å²) in [5.74, 6) is 0.0716. The Morgan fingerprint density at radius 2 is 2.00 bits per heavy atom. The number of carbonyl (C=O) groups is 1. The van der Waals surface area contributed by atoms with E-state index in [4.69, 9.17) is 4.52 Å². The van der Waals surface area contributed by atoms with Crippen molar-refractivity contribution in [2.75, 3.05) is 26.2 Å². The number of amides is 1. The lowest BCUT2D eigenvalue weighted by molar-refractivity contribution is 0.0621. The van der Waals surface area contributed by atoms with E-state index in [0.717, 1.165) is 49.3 Å². The Morgan fingerprint density at radius 3 is 2.74 bits per heavy atom. The highest BCUT2D eigenvalue weighted by molar-refractivity contribution is 5.98. The number of hydrogen-bond donors (Lipinski definition) is 1. The molecule has 4 rings (SSSR count). The summed E-state index contributed by atoms with van der Waals surface area (Å²) in [6, 6.07) is 11.8. The van der Waals surface area contributed by atoms with Gasteiger partial charge < -0.3 is 14.4 Å². The van der Waals surface area contributed by atoms with Gasteiger partial charge in [0.15, 0.2) is 0 Å². The van der Waals surface area contributed by atoms with E-state index in [1.54, 1.807) is 6.26 Å². The zero-order valence-corrected chi connectivity index (χ0v) is 12.7. The first-order chi connectivity index (χ1) is 11.3. The van der Waals surface area contributed by atoms with Crippen LogP contribution in [0.1, 0.15) is 16.2 Å². The molecule has 0 unspecified atom stereocenters. The maximum atomic E-state index is 12.6. The minimum absolute atomic E-state index is 0.0716. The van der Waals surface area contributed by atoms with Crippen molar-refractivity contribution in [1.29, 1.82) is 0 Å². The minimum Gasteiger partial charge on any atom is -0.364 e. The second-order valence-electron chi connectivity index (χ2n) is 5.83. The van der Waals surface area contributed by atoms with Gasteiger partial charge in [-0.05, 0) is 12.1 Å². The van der Waals surface area contributed by atoms with E-state index in [-0.39, 0.29) is 5.91 Å². The zero-order chi connectivity index (χ0) is 15.6. The van der Waals surface area contributed by atoms with Crippen molar-refractivity contribution >= 4 is 16.8 Å². The van der Waals surface area contributed by atoms with E-state index in [1.165, 1.54) is 0 Å². The van der Waals surface area contributed by atoms with Gasteiger partial charge in [0.1, 0.15) is 12.0 Å². The Kier molecular flexibility index (Phi) is 3.59. The minimum atomic E-state index is 0.0716. The maximum absolute atomic E-state index is 12.6. The Morgan fingerprint density at radius 1 is 1.17 bits per heavy atom. The van der Waals surface area contributed by atoms with E-state index in [2.05, 4.69) is 15.0 Å². The molecule has 1 amide bonds. The van der Waals surface area contributed by atoms with Crippen LogP contribution in [0.4, 0.5) is 0 Å². The summed E-state index contributed by atoms with van der Waals surface area (Å²) >= 11 is 0. The van der Waals surface area contributed by atoms with Crippen LogP contribution in [-0.4, -0.2) is 52.0 Å². The molecule has 1 aliphatic heterocycles. The van der Waals surface area contributed by atoms with Gasteiger partial charge in [0.25, 0.3) is 5.91 Å². The third kappa shape index (κ3) is 2.85. The van der Waals surface area contributed by atoms with Crippen molar-refractivity contribution in [2.24, 2.45) is 0 Å². The number of hydrogen-bond acceptors (Lipinski definition) is 4. The van der Waals surface area contributed by atoms with Gasteiger partial charge in [-0.2, -0.15) is 0 Å². The normalized spacial score (nSPS) is 16.1. The van der Waals surface area contributed by atoms with Crippen molar-refractivity contribution in [1.82, 2.24) is 19.9 Å². The number of piperazine rings is 1. The molecule has 0 radical (unpaired) electrons. The number of fused-ring (bicyclic) bond motifs is 1. The van der Waals surface area contributed by atoms with Crippen LogP contribution in [0.5, 0.6) is 0 Å². The molecule has 0 aliphatic carbocycles. The van der Waals surface area contributed by atoms with Crippen LogP contribution < -0.4 is 0 Å². The predicted molar refractivity (Wildman–Crippen MR) is 86.0 cm³/mol. The van der Waals surface area contributed by atoms with Crippen LogP contribution in [0.25, 0.3) is 10.9 Å². The molecular weight excluding hydrogens is 292 g/mol. The highest BCUT2D eigenvalue weighted by Gasteiger charge is 2.23. The highest BCUT2D eigenvalue weighted by atomic mass is 16.5. The topological polar surface area (TPSA) is 65.4 Å². The van der Waals surface area contributed by atoms with Gasteiger partial charge in [-0.15, -0.1) is 0 Å². The third-order valence-corrected chi connectivity index (χ3v) is 4.30. The number of para-hydroxylation sites is 1.